The molecule has 4 rings (SSSR count). The number of esters is 1. The van der Waals surface area contributed by atoms with Crippen LogP contribution in [-0.4, -0.2) is 32.2 Å². The number of anilines is 1. The first kappa shape index (κ1) is 23.4. The highest BCUT2D eigenvalue weighted by molar-refractivity contribution is 5.98. The Morgan fingerprint density at radius 2 is 1.56 bits per heavy atom. The molecule has 3 aromatic carbocycles. The topological polar surface area (TPSA) is 65.1 Å². The first-order valence-corrected chi connectivity index (χ1v) is 11.5. The number of hydrogen-bond donors (Lipinski definition) is 0. The summed E-state index contributed by atoms with van der Waals surface area (Å²) in [7, 11) is 1.36. The highest BCUT2D eigenvalue weighted by Gasteiger charge is 2.36. The van der Waals surface area contributed by atoms with E-state index in [9.17, 15) is 9.59 Å². The van der Waals surface area contributed by atoms with Crippen molar-refractivity contribution < 1.29 is 23.8 Å². The Hall–Kier alpha value is -3.80. The van der Waals surface area contributed by atoms with Crippen LogP contribution < -0.4 is 14.4 Å². The van der Waals surface area contributed by atoms with Crippen molar-refractivity contribution in [1.82, 2.24) is 0 Å². The number of benzene rings is 3. The molecule has 0 unspecified atom stereocenters. The monoisotopic (exact) mass is 459 g/mol. The molecule has 1 heterocycles. The van der Waals surface area contributed by atoms with Crippen molar-refractivity contribution in [3.05, 3.63) is 88.5 Å². The van der Waals surface area contributed by atoms with Crippen molar-refractivity contribution in [3.8, 4) is 11.5 Å². The number of amides is 1. The van der Waals surface area contributed by atoms with E-state index in [1.807, 2.05) is 74.2 Å². The number of carbonyl (C=O) groups excluding carboxylic acids is 2. The number of fused-ring (bicyclic) bond motifs is 1. The quantitative estimate of drug-likeness (QED) is 0.451. The van der Waals surface area contributed by atoms with Gasteiger partial charge in [0, 0.05) is 5.69 Å². The van der Waals surface area contributed by atoms with Gasteiger partial charge in [-0.15, -0.1) is 0 Å². The second-order valence-electron chi connectivity index (χ2n) is 8.16. The van der Waals surface area contributed by atoms with E-state index in [1.54, 1.807) is 12.1 Å². The number of methoxy groups -OCH3 is 1. The Bertz CT molecular complexity index is 1180. The zero-order valence-electron chi connectivity index (χ0n) is 20.0. The van der Waals surface area contributed by atoms with Gasteiger partial charge in [-0.25, -0.2) is 4.79 Å². The first-order chi connectivity index (χ1) is 16.5. The second-order valence-corrected chi connectivity index (χ2v) is 8.16. The third-order valence-electron chi connectivity index (χ3n) is 5.93. The molecule has 1 aliphatic rings. The molecule has 6 nitrogen and oxygen atoms in total. The molecule has 0 spiro atoms. The molecular formula is C28H29NO5. The van der Waals surface area contributed by atoms with Gasteiger partial charge in [0.15, 0.2) is 11.5 Å². The van der Waals surface area contributed by atoms with Gasteiger partial charge in [0.2, 0.25) is 5.91 Å². The van der Waals surface area contributed by atoms with Crippen molar-refractivity contribution in [2.75, 3.05) is 25.2 Å². The zero-order chi connectivity index (χ0) is 24.2. The number of rotatable bonds is 7. The largest absolute Gasteiger partial charge is 0.490 e. The lowest BCUT2D eigenvalue weighted by atomic mass is 9.86. The van der Waals surface area contributed by atoms with Gasteiger partial charge in [0.1, 0.15) is 0 Å². The minimum absolute atomic E-state index is 0.00925. The van der Waals surface area contributed by atoms with Crippen LogP contribution >= 0.6 is 0 Å². The minimum atomic E-state index is -0.401. The minimum Gasteiger partial charge on any atom is -0.490 e. The molecular weight excluding hydrogens is 430 g/mol. The average molecular weight is 460 g/mol. The Morgan fingerprint density at radius 1 is 0.941 bits per heavy atom. The number of hydrogen-bond acceptors (Lipinski definition) is 5. The molecule has 0 aromatic heterocycles. The maximum Gasteiger partial charge on any atom is 0.337 e. The molecule has 6 heteroatoms. The molecule has 3 aromatic rings. The van der Waals surface area contributed by atoms with Gasteiger partial charge in [0.25, 0.3) is 0 Å². The normalized spacial score (nSPS) is 15.0. The van der Waals surface area contributed by atoms with Crippen LogP contribution in [0.5, 0.6) is 11.5 Å². The van der Waals surface area contributed by atoms with Gasteiger partial charge in [-0.3, -0.25) is 4.79 Å². The van der Waals surface area contributed by atoms with E-state index in [0.29, 0.717) is 30.3 Å². The second kappa shape index (κ2) is 10.00. The Kier molecular flexibility index (Phi) is 6.87. The van der Waals surface area contributed by atoms with E-state index in [4.69, 9.17) is 14.2 Å². The smallest absolute Gasteiger partial charge is 0.337 e. The molecule has 1 amide bonds. The van der Waals surface area contributed by atoms with Gasteiger partial charge in [0.05, 0.1) is 38.3 Å². The predicted molar refractivity (Wildman–Crippen MR) is 131 cm³/mol. The van der Waals surface area contributed by atoms with E-state index in [-0.39, 0.29) is 18.4 Å². The molecule has 0 radical (unpaired) electrons. The summed E-state index contributed by atoms with van der Waals surface area (Å²) in [6.45, 7) is 6.87. The summed E-state index contributed by atoms with van der Waals surface area (Å²) in [5, 5.41) is 0. The Balaban J connectivity index is 1.89. The summed E-state index contributed by atoms with van der Waals surface area (Å²) in [6.07, 6.45) is 0.256. The van der Waals surface area contributed by atoms with Crippen molar-refractivity contribution in [2.45, 2.75) is 33.2 Å². The Morgan fingerprint density at radius 3 is 2.15 bits per heavy atom. The van der Waals surface area contributed by atoms with Gasteiger partial charge in [-0.05, 0) is 73.9 Å². The molecule has 176 valence electrons. The summed E-state index contributed by atoms with van der Waals surface area (Å²) in [6, 6.07) is 18.6. The standard InChI is InChI=1S/C28H29NO5/c1-5-33-24-15-21-16-26(30)29(22-13-7-18(3)8-14-22)27(23(21)17-25(24)34-6-2)19-9-11-20(12-10-19)28(31)32-4/h7-15,17,27H,5-6,16H2,1-4H3/t27-/m0/s1. The van der Waals surface area contributed by atoms with Crippen LogP contribution in [0.15, 0.2) is 60.7 Å². The fourth-order valence-corrected chi connectivity index (χ4v) is 4.34. The van der Waals surface area contributed by atoms with Crippen LogP contribution in [-0.2, 0) is 16.0 Å². The molecule has 0 N–H and O–H groups in total. The van der Waals surface area contributed by atoms with E-state index < -0.39 is 5.97 Å². The highest BCUT2D eigenvalue weighted by Crippen LogP contribution is 2.43. The number of ether oxygens (including phenoxy) is 3. The molecule has 0 fully saturated rings. The predicted octanol–water partition coefficient (Wildman–Crippen LogP) is 5.26. The van der Waals surface area contributed by atoms with Crippen LogP contribution in [0.1, 0.15) is 52.5 Å². The molecule has 1 atom stereocenters. The van der Waals surface area contributed by atoms with E-state index in [0.717, 1.165) is 27.9 Å². The van der Waals surface area contributed by atoms with Gasteiger partial charge in [-0.2, -0.15) is 0 Å². The Labute approximate surface area is 200 Å². The van der Waals surface area contributed by atoms with Crippen LogP contribution in [0, 0.1) is 6.92 Å². The lowest BCUT2D eigenvalue weighted by Crippen LogP contribution is -2.41. The number of nitrogens with zero attached hydrogens (tertiary/aromatic N) is 1. The maximum absolute atomic E-state index is 13.5. The van der Waals surface area contributed by atoms with Crippen LogP contribution in [0.2, 0.25) is 0 Å². The SMILES string of the molecule is CCOc1cc2c(cc1OCC)[C@H](c1ccc(C(=O)OC)cc1)N(c1ccc(C)cc1)C(=O)C2. The van der Waals surface area contributed by atoms with Crippen molar-refractivity contribution in [3.63, 3.8) is 0 Å². The van der Waals surface area contributed by atoms with Crippen molar-refractivity contribution >= 4 is 17.6 Å². The van der Waals surface area contributed by atoms with E-state index >= 15 is 0 Å². The third-order valence-corrected chi connectivity index (χ3v) is 5.93. The van der Waals surface area contributed by atoms with E-state index in [1.165, 1.54) is 7.11 Å². The molecule has 0 saturated carbocycles. The third kappa shape index (κ3) is 4.49. The summed E-state index contributed by atoms with van der Waals surface area (Å²) in [5.41, 5.74) is 5.15. The first-order valence-electron chi connectivity index (χ1n) is 11.5. The van der Waals surface area contributed by atoms with Crippen molar-refractivity contribution in [2.24, 2.45) is 0 Å². The van der Waals surface area contributed by atoms with Crippen LogP contribution in [0.4, 0.5) is 5.69 Å². The number of aryl methyl sites for hydroxylation is 1. The van der Waals surface area contributed by atoms with E-state index in [2.05, 4.69) is 0 Å². The van der Waals surface area contributed by atoms with Gasteiger partial charge >= 0.3 is 5.97 Å². The fraction of sp³-hybridized carbons (Fsp3) is 0.286. The van der Waals surface area contributed by atoms with Crippen molar-refractivity contribution in [1.29, 1.82) is 0 Å². The molecule has 0 aliphatic carbocycles. The molecule has 1 aliphatic heterocycles. The molecule has 0 bridgehead atoms. The van der Waals surface area contributed by atoms with Gasteiger partial charge < -0.3 is 19.1 Å². The molecule has 0 saturated heterocycles. The highest BCUT2D eigenvalue weighted by atomic mass is 16.5. The van der Waals surface area contributed by atoms with Crippen LogP contribution in [0.25, 0.3) is 0 Å². The summed E-state index contributed by atoms with van der Waals surface area (Å²) < 4.78 is 16.5. The molecule has 34 heavy (non-hydrogen) atoms. The average Bonchev–Trinajstić information content (AvgIpc) is 2.84. The summed E-state index contributed by atoms with van der Waals surface area (Å²) in [4.78, 5) is 27.3. The summed E-state index contributed by atoms with van der Waals surface area (Å²) in [5.74, 6) is 0.879. The zero-order valence-corrected chi connectivity index (χ0v) is 20.0. The fourth-order valence-electron chi connectivity index (χ4n) is 4.34. The lowest BCUT2D eigenvalue weighted by molar-refractivity contribution is -0.118. The van der Waals surface area contributed by atoms with Gasteiger partial charge in [-0.1, -0.05) is 29.8 Å². The maximum atomic E-state index is 13.5. The number of carbonyl (C=O) groups is 2. The lowest BCUT2D eigenvalue weighted by Gasteiger charge is -2.38. The van der Waals surface area contributed by atoms with Crippen LogP contribution in [0.3, 0.4) is 0 Å². The summed E-state index contributed by atoms with van der Waals surface area (Å²) >= 11 is 0.